The highest BCUT2D eigenvalue weighted by Gasteiger charge is 2.39. The molecule has 1 atom stereocenters. The standard InChI is InChI=1S/C13H15N5O2/c14-8-5-9-12(13(15,6-8)7-19)17-18(16-9)10-3-1-2-4-11(10)20/h1-6,16,19-20H,7,14-15H2. The molecule has 1 heterocycles. The number of fused-ring (bicyclic) bond motifs is 1. The van der Waals surface area contributed by atoms with Crippen LogP contribution in [0.5, 0.6) is 5.75 Å². The van der Waals surface area contributed by atoms with E-state index >= 15 is 0 Å². The van der Waals surface area contributed by atoms with E-state index in [2.05, 4.69) is 10.5 Å². The Kier molecular flexibility index (Phi) is 2.66. The Hall–Kier alpha value is -2.51. The number of phenolic OH excluding ortho intramolecular Hbond substituents is 1. The van der Waals surface area contributed by atoms with E-state index in [9.17, 15) is 10.2 Å². The minimum absolute atomic E-state index is 0.0798. The number of hydrogen-bond donors (Lipinski definition) is 5. The van der Waals surface area contributed by atoms with Crippen LogP contribution in [-0.2, 0) is 0 Å². The van der Waals surface area contributed by atoms with Crippen LogP contribution in [0.25, 0.3) is 0 Å². The second-order valence-corrected chi connectivity index (χ2v) is 4.76. The number of aliphatic hydroxyl groups excluding tert-OH is 1. The number of aliphatic hydroxyl groups is 1. The number of hydrogen-bond acceptors (Lipinski definition) is 7. The summed E-state index contributed by atoms with van der Waals surface area (Å²) in [6.07, 6.45) is 3.24. The summed E-state index contributed by atoms with van der Waals surface area (Å²) in [6, 6.07) is 6.76. The van der Waals surface area contributed by atoms with Crippen LogP contribution in [0.15, 0.2) is 52.9 Å². The third-order valence-electron chi connectivity index (χ3n) is 3.23. The Morgan fingerprint density at radius 2 is 2.10 bits per heavy atom. The molecule has 1 aliphatic carbocycles. The first-order valence-electron chi connectivity index (χ1n) is 6.07. The number of nitrogens with two attached hydrogens (primary N) is 2. The third kappa shape index (κ3) is 1.80. The van der Waals surface area contributed by atoms with E-state index in [0.717, 1.165) is 0 Å². The van der Waals surface area contributed by atoms with Gasteiger partial charge < -0.3 is 21.7 Å². The number of anilines is 1. The molecule has 1 aromatic carbocycles. The van der Waals surface area contributed by atoms with Crippen LogP contribution < -0.4 is 22.0 Å². The van der Waals surface area contributed by atoms with Crippen molar-refractivity contribution in [2.45, 2.75) is 5.54 Å². The predicted octanol–water partition coefficient (Wildman–Crippen LogP) is -0.497. The van der Waals surface area contributed by atoms with Crippen LogP contribution in [0.4, 0.5) is 5.69 Å². The Morgan fingerprint density at radius 1 is 1.35 bits per heavy atom. The predicted molar refractivity (Wildman–Crippen MR) is 75.5 cm³/mol. The number of nitrogens with one attached hydrogen (secondary N) is 1. The highest BCUT2D eigenvalue weighted by molar-refractivity contribution is 6.11. The molecule has 7 N–H and O–H groups in total. The molecule has 0 fully saturated rings. The molecule has 1 unspecified atom stereocenters. The Morgan fingerprint density at radius 3 is 2.80 bits per heavy atom. The van der Waals surface area contributed by atoms with E-state index in [4.69, 9.17) is 11.5 Å². The largest absolute Gasteiger partial charge is 0.506 e. The summed E-state index contributed by atoms with van der Waals surface area (Å²) in [5.74, 6) is 0.0798. The minimum Gasteiger partial charge on any atom is -0.506 e. The maximum Gasteiger partial charge on any atom is 0.142 e. The summed E-state index contributed by atoms with van der Waals surface area (Å²) in [5.41, 5.74) is 15.7. The summed E-state index contributed by atoms with van der Waals surface area (Å²) >= 11 is 0. The third-order valence-corrected chi connectivity index (χ3v) is 3.23. The number of hydrazine groups is 1. The van der Waals surface area contributed by atoms with Gasteiger partial charge in [-0.2, -0.15) is 10.2 Å². The van der Waals surface area contributed by atoms with Gasteiger partial charge in [0.1, 0.15) is 22.7 Å². The molecule has 0 spiro atoms. The maximum absolute atomic E-state index is 9.86. The van der Waals surface area contributed by atoms with Crippen molar-refractivity contribution in [1.29, 1.82) is 0 Å². The summed E-state index contributed by atoms with van der Waals surface area (Å²) in [4.78, 5) is 0. The summed E-state index contributed by atoms with van der Waals surface area (Å²) < 4.78 is 0. The average molecular weight is 273 g/mol. The molecule has 104 valence electrons. The maximum atomic E-state index is 9.86. The first kappa shape index (κ1) is 12.5. The van der Waals surface area contributed by atoms with E-state index in [0.29, 0.717) is 22.8 Å². The number of aromatic hydroxyl groups is 1. The van der Waals surface area contributed by atoms with Crippen molar-refractivity contribution >= 4 is 11.4 Å². The zero-order valence-corrected chi connectivity index (χ0v) is 10.6. The molecular formula is C13H15N5O2. The van der Waals surface area contributed by atoms with Gasteiger partial charge in [0.2, 0.25) is 0 Å². The molecule has 3 rings (SSSR count). The zero-order chi connectivity index (χ0) is 14.3. The number of allylic oxidation sites excluding steroid dienone is 1. The molecule has 0 bridgehead atoms. The number of rotatable bonds is 2. The van der Waals surface area contributed by atoms with Crippen molar-refractivity contribution in [3.8, 4) is 5.75 Å². The van der Waals surface area contributed by atoms with Gasteiger partial charge >= 0.3 is 0 Å². The number of phenols is 1. The van der Waals surface area contributed by atoms with Gasteiger partial charge in [-0.25, -0.2) is 0 Å². The molecule has 1 aromatic rings. The van der Waals surface area contributed by atoms with Crippen molar-refractivity contribution in [3.63, 3.8) is 0 Å². The summed E-state index contributed by atoms with van der Waals surface area (Å²) in [7, 11) is 0. The van der Waals surface area contributed by atoms with E-state index in [1.165, 1.54) is 5.12 Å². The van der Waals surface area contributed by atoms with Crippen molar-refractivity contribution in [2.24, 2.45) is 16.6 Å². The molecule has 0 amide bonds. The Bertz CT molecular complexity index is 652. The van der Waals surface area contributed by atoms with Gasteiger partial charge in [-0.1, -0.05) is 12.1 Å². The average Bonchev–Trinajstić information content (AvgIpc) is 2.83. The normalized spacial score (nSPS) is 24.5. The lowest BCUT2D eigenvalue weighted by atomic mass is 9.88. The van der Waals surface area contributed by atoms with Gasteiger partial charge in [0.05, 0.1) is 12.3 Å². The summed E-state index contributed by atoms with van der Waals surface area (Å²) in [6.45, 7) is -0.319. The monoisotopic (exact) mass is 273 g/mol. The molecule has 1 aliphatic heterocycles. The van der Waals surface area contributed by atoms with E-state index < -0.39 is 5.54 Å². The lowest BCUT2D eigenvalue weighted by molar-refractivity contribution is 0.261. The quantitative estimate of drug-likeness (QED) is 0.495. The first-order chi connectivity index (χ1) is 9.53. The van der Waals surface area contributed by atoms with Crippen molar-refractivity contribution in [3.05, 3.63) is 47.8 Å². The smallest absolute Gasteiger partial charge is 0.142 e. The highest BCUT2D eigenvalue weighted by atomic mass is 16.3. The van der Waals surface area contributed by atoms with Gasteiger partial charge in [0.25, 0.3) is 0 Å². The molecule has 0 saturated carbocycles. The van der Waals surface area contributed by atoms with Crippen molar-refractivity contribution < 1.29 is 10.2 Å². The number of benzene rings is 1. The van der Waals surface area contributed by atoms with E-state index in [1.54, 1.807) is 36.4 Å². The topological polar surface area (TPSA) is 120 Å². The summed E-state index contributed by atoms with van der Waals surface area (Å²) in [5, 5.41) is 25.1. The van der Waals surface area contributed by atoms with Crippen LogP contribution in [0.2, 0.25) is 0 Å². The van der Waals surface area contributed by atoms with Gasteiger partial charge in [-0.05, 0) is 24.3 Å². The fourth-order valence-electron chi connectivity index (χ4n) is 2.24. The number of para-hydroxylation sites is 2. The van der Waals surface area contributed by atoms with Gasteiger partial charge in [-0.3, -0.25) is 5.43 Å². The lowest BCUT2D eigenvalue weighted by Gasteiger charge is -2.26. The first-order valence-corrected chi connectivity index (χ1v) is 6.07. The SMILES string of the molecule is NC1=CC(N)(CO)C2=NN(c3ccccc3O)NC2=C1. The van der Waals surface area contributed by atoms with Crippen LogP contribution in [0, 0.1) is 0 Å². The molecule has 0 saturated heterocycles. The lowest BCUT2D eigenvalue weighted by Crippen LogP contribution is -2.52. The zero-order valence-electron chi connectivity index (χ0n) is 10.6. The molecule has 20 heavy (non-hydrogen) atoms. The Labute approximate surface area is 115 Å². The van der Waals surface area contributed by atoms with Gasteiger partial charge in [0, 0.05) is 5.70 Å². The highest BCUT2D eigenvalue weighted by Crippen LogP contribution is 2.31. The van der Waals surface area contributed by atoms with Gasteiger partial charge in [-0.15, -0.1) is 0 Å². The fraction of sp³-hybridized carbons (Fsp3) is 0.154. The Balaban J connectivity index is 2.03. The number of nitrogens with zero attached hydrogens (tertiary/aromatic N) is 2. The van der Waals surface area contributed by atoms with Crippen LogP contribution in [0.1, 0.15) is 0 Å². The van der Waals surface area contributed by atoms with Crippen LogP contribution in [0.3, 0.4) is 0 Å². The van der Waals surface area contributed by atoms with Crippen molar-refractivity contribution in [1.82, 2.24) is 5.43 Å². The van der Waals surface area contributed by atoms with Crippen molar-refractivity contribution in [2.75, 3.05) is 11.7 Å². The molecule has 0 radical (unpaired) electrons. The molecule has 0 aromatic heterocycles. The molecular weight excluding hydrogens is 258 g/mol. The van der Waals surface area contributed by atoms with E-state index in [1.807, 2.05) is 0 Å². The molecule has 7 heteroatoms. The molecule has 2 aliphatic rings. The second kappa shape index (κ2) is 4.26. The van der Waals surface area contributed by atoms with Crippen LogP contribution >= 0.6 is 0 Å². The van der Waals surface area contributed by atoms with Crippen LogP contribution in [-0.4, -0.2) is 28.1 Å². The fourth-order valence-corrected chi connectivity index (χ4v) is 2.24. The van der Waals surface area contributed by atoms with E-state index in [-0.39, 0.29) is 12.4 Å². The minimum atomic E-state index is -1.14. The van der Waals surface area contributed by atoms with Gasteiger partial charge in [0.15, 0.2) is 0 Å². The second-order valence-electron chi connectivity index (χ2n) is 4.76. The number of hydrazone groups is 1. The molecule has 7 nitrogen and oxygen atoms in total.